The van der Waals surface area contributed by atoms with Crippen molar-refractivity contribution in [2.24, 2.45) is 0 Å². The van der Waals surface area contributed by atoms with Crippen LogP contribution in [0.2, 0.25) is 0 Å². The van der Waals surface area contributed by atoms with E-state index in [0.29, 0.717) is 0 Å². The molecular weight excluding hydrogens is 472 g/mol. The van der Waals surface area contributed by atoms with Crippen molar-refractivity contribution in [2.45, 2.75) is 0 Å². The van der Waals surface area contributed by atoms with E-state index in [0.717, 1.165) is 16.6 Å². The second-order valence-electron chi connectivity index (χ2n) is 10.5. The average Bonchev–Trinajstić information content (AvgIpc) is 3.53. The largest absolute Gasteiger partial charge is 0.456 e. The summed E-state index contributed by atoms with van der Waals surface area (Å²) in [6.45, 7) is 0. The van der Waals surface area contributed by atoms with Crippen molar-refractivity contribution in [3.8, 4) is 44.5 Å². The maximum atomic E-state index is 6.32. The van der Waals surface area contributed by atoms with Gasteiger partial charge in [0.15, 0.2) is 0 Å². The number of furan rings is 1. The smallest absolute Gasteiger partial charge is 0.136 e. The Balaban J connectivity index is 1.20. The molecule has 1 aliphatic rings. The van der Waals surface area contributed by atoms with E-state index in [4.69, 9.17) is 4.42 Å². The van der Waals surface area contributed by atoms with Gasteiger partial charge in [0.2, 0.25) is 0 Å². The lowest BCUT2D eigenvalue weighted by Crippen LogP contribution is -1.85. The topological polar surface area (TPSA) is 13.1 Å². The summed E-state index contributed by atoms with van der Waals surface area (Å²) in [5.41, 5.74) is 12.1. The minimum absolute atomic E-state index is 0.925. The van der Waals surface area contributed by atoms with E-state index in [-0.39, 0.29) is 0 Å². The van der Waals surface area contributed by atoms with Crippen LogP contribution in [0.15, 0.2) is 138 Å². The van der Waals surface area contributed by atoms with Gasteiger partial charge < -0.3 is 4.42 Å². The molecule has 0 atom stereocenters. The van der Waals surface area contributed by atoms with Gasteiger partial charge in [-0.3, -0.25) is 0 Å². The summed E-state index contributed by atoms with van der Waals surface area (Å²) < 4.78 is 6.32. The molecule has 0 radical (unpaired) electrons. The molecule has 0 saturated heterocycles. The third kappa shape index (κ3) is 2.90. The summed E-state index contributed by atoms with van der Waals surface area (Å²) in [7, 11) is 0. The second-order valence-corrected chi connectivity index (χ2v) is 10.5. The van der Waals surface area contributed by atoms with Gasteiger partial charge in [-0.05, 0) is 84.3 Å². The lowest BCUT2D eigenvalue weighted by atomic mass is 9.92. The van der Waals surface area contributed by atoms with Crippen LogP contribution in [0.1, 0.15) is 0 Å². The zero-order valence-electron chi connectivity index (χ0n) is 21.1. The Hall–Kier alpha value is -5.14. The number of hydrogen-bond acceptors (Lipinski definition) is 1. The van der Waals surface area contributed by atoms with Crippen LogP contribution in [0.5, 0.6) is 0 Å². The maximum absolute atomic E-state index is 6.32. The predicted molar refractivity (Wildman–Crippen MR) is 164 cm³/mol. The van der Waals surface area contributed by atoms with Crippen LogP contribution in [0, 0.1) is 0 Å². The second kappa shape index (κ2) is 7.69. The fourth-order valence-corrected chi connectivity index (χ4v) is 6.64. The number of fused-ring (bicyclic) bond motifs is 7. The molecule has 1 nitrogen and oxygen atoms in total. The first kappa shape index (κ1) is 20.9. The van der Waals surface area contributed by atoms with Crippen LogP contribution < -0.4 is 0 Å². The normalized spacial score (nSPS) is 12.1. The molecule has 39 heavy (non-hydrogen) atoms. The third-order valence-electron chi connectivity index (χ3n) is 8.42. The lowest BCUT2D eigenvalue weighted by molar-refractivity contribution is 0.669. The van der Waals surface area contributed by atoms with Crippen LogP contribution in [-0.2, 0) is 0 Å². The highest BCUT2D eigenvalue weighted by atomic mass is 16.3. The van der Waals surface area contributed by atoms with Crippen LogP contribution in [0.3, 0.4) is 0 Å². The highest BCUT2D eigenvalue weighted by molar-refractivity contribution is 6.19. The first-order valence-electron chi connectivity index (χ1n) is 13.4. The summed E-state index contributed by atoms with van der Waals surface area (Å²) in [6.07, 6.45) is 0. The minimum atomic E-state index is 0.925. The van der Waals surface area contributed by atoms with Gasteiger partial charge in [-0.15, -0.1) is 0 Å². The van der Waals surface area contributed by atoms with E-state index >= 15 is 0 Å². The quantitative estimate of drug-likeness (QED) is 0.233. The molecule has 0 saturated carbocycles. The standard InChI is InChI=1S/C38H22O/c1-2-8-26-22-36-34(21-25(26)7-1)38-28(11-6-14-35(38)39-36)24-17-15-23(16-18-24)27-19-20-33-30-10-4-3-9-29(30)32-13-5-12-31(27)37(32)33/h1-22H. The van der Waals surface area contributed by atoms with Gasteiger partial charge in [0.1, 0.15) is 11.2 Å². The van der Waals surface area contributed by atoms with E-state index in [2.05, 4.69) is 133 Å². The predicted octanol–water partition coefficient (Wildman–Crippen LogP) is 10.9. The fourth-order valence-electron chi connectivity index (χ4n) is 6.64. The van der Waals surface area contributed by atoms with Crippen molar-refractivity contribution in [1.29, 1.82) is 0 Å². The molecule has 0 aliphatic heterocycles. The third-order valence-corrected chi connectivity index (χ3v) is 8.42. The summed E-state index contributed by atoms with van der Waals surface area (Å²) in [5.74, 6) is 0. The van der Waals surface area contributed by atoms with Crippen molar-refractivity contribution >= 4 is 43.5 Å². The molecule has 9 rings (SSSR count). The van der Waals surface area contributed by atoms with Gasteiger partial charge in [0, 0.05) is 10.8 Å². The Morgan fingerprint density at radius 1 is 0.333 bits per heavy atom. The van der Waals surface area contributed by atoms with Crippen LogP contribution >= 0.6 is 0 Å². The zero-order chi connectivity index (χ0) is 25.5. The minimum Gasteiger partial charge on any atom is -0.456 e. The molecule has 8 aromatic rings. The van der Waals surface area contributed by atoms with Crippen LogP contribution in [0.4, 0.5) is 0 Å². The summed E-state index contributed by atoms with van der Waals surface area (Å²) in [4.78, 5) is 0. The Kier molecular flexibility index (Phi) is 4.11. The summed E-state index contributed by atoms with van der Waals surface area (Å²) >= 11 is 0. The first-order chi connectivity index (χ1) is 19.3. The molecule has 0 unspecified atom stereocenters. The van der Waals surface area contributed by atoms with E-state index in [1.807, 2.05) is 0 Å². The van der Waals surface area contributed by atoms with Crippen molar-refractivity contribution in [3.63, 3.8) is 0 Å². The SMILES string of the molecule is c1ccc2c(c1)-c1cccc3c(-c4ccc(-c5cccc6oc7cc8ccccc8cc7c56)cc4)ccc-2c13. The van der Waals surface area contributed by atoms with E-state index in [1.165, 1.54) is 71.4 Å². The molecule has 0 bridgehead atoms. The number of hydrogen-bond donors (Lipinski definition) is 0. The van der Waals surface area contributed by atoms with Crippen LogP contribution in [0.25, 0.3) is 88.0 Å². The fraction of sp³-hybridized carbons (Fsp3) is 0. The lowest BCUT2D eigenvalue weighted by Gasteiger charge is -2.11. The van der Waals surface area contributed by atoms with Crippen molar-refractivity contribution in [2.75, 3.05) is 0 Å². The Morgan fingerprint density at radius 2 is 0.923 bits per heavy atom. The molecule has 0 fully saturated rings. The summed E-state index contributed by atoms with van der Waals surface area (Å²) in [6, 6.07) is 48.3. The molecule has 0 spiro atoms. The van der Waals surface area contributed by atoms with Crippen molar-refractivity contribution in [1.82, 2.24) is 0 Å². The van der Waals surface area contributed by atoms with Gasteiger partial charge in [0.25, 0.3) is 0 Å². The van der Waals surface area contributed by atoms with E-state index in [9.17, 15) is 0 Å². The van der Waals surface area contributed by atoms with Gasteiger partial charge >= 0.3 is 0 Å². The molecular formula is C38H22O. The summed E-state index contributed by atoms with van der Waals surface area (Å²) in [5, 5.41) is 7.44. The van der Waals surface area contributed by atoms with Gasteiger partial charge in [0.05, 0.1) is 0 Å². The first-order valence-corrected chi connectivity index (χ1v) is 13.4. The highest BCUT2D eigenvalue weighted by Crippen LogP contribution is 2.49. The van der Waals surface area contributed by atoms with E-state index < -0.39 is 0 Å². The highest BCUT2D eigenvalue weighted by Gasteiger charge is 2.22. The molecule has 0 amide bonds. The van der Waals surface area contributed by atoms with E-state index in [1.54, 1.807) is 0 Å². The molecule has 1 aromatic heterocycles. The maximum Gasteiger partial charge on any atom is 0.136 e. The number of benzene rings is 7. The van der Waals surface area contributed by atoms with Crippen molar-refractivity contribution < 1.29 is 4.42 Å². The number of rotatable bonds is 2. The molecule has 1 heterocycles. The van der Waals surface area contributed by atoms with Gasteiger partial charge in [-0.1, -0.05) is 115 Å². The van der Waals surface area contributed by atoms with Gasteiger partial charge in [-0.25, -0.2) is 0 Å². The Labute approximate surface area is 225 Å². The van der Waals surface area contributed by atoms with Gasteiger partial charge in [-0.2, -0.15) is 0 Å². The Bertz CT molecular complexity index is 2240. The molecule has 0 N–H and O–H groups in total. The molecule has 1 aliphatic carbocycles. The Morgan fingerprint density at radius 3 is 1.72 bits per heavy atom. The van der Waals surface area contributed by atoms with Crippen molar-refractivity contribution in [3.05, 3.63) is 133 Å². The molecule has 1 heteroatoms. The molecule has 180 valence electrons. The zero-order valence-corrected chi connectivity index (χ0v) is 21.1. The van der Waals surface area contributed by atoms with Crippen LogP contribution in [-0.4, -0.2) is 0 Å². The average molecular weight is 495 g/mol. The monoisotopic (exact) mass is 494 g/mol. The molecule has 7 aromatic carbocycles.